The fourth-order valence-corrected chi connectivity index (χ4v) is 6.25. The number of hydrogen-bond acceptors (Lipinski definition) is 16. The lowest BCUT2D eigenvalue weighted by Crippen LogP contribution is -2.65. The van der Waals surface area contributed by atoms with Gasteiger partial charge in [-0.3, -0.25) is 33.7 Å². The summed E-state index contributed by atoms with van der Waals surface area (Å²) in [5.74, 6) is -3.45. The topological polar surface area (TPSA) is 320 Å². The van der Waals surface area contributed by atoms with Gasteiger partial charge in [0.25, 0.3) is 11.8 Å². The van der Waals surface area contributed by atoms with Crippen LogP contribution in [0.5, 0.6) is 0 Å². The number of rotatable bonds is 18. The zero-order valence-electron chi connectivity index (χ0n) is 33.7. The standard InChI is InChI=1S/C38H49N11O12/c1-19(2)28(45-25(52)12-14-49-26(53)9-10-27(49)54)36(58)43-20(3)35(57)44-22-7-5-21(6-8-22)16-60-38(59)48(4)13-11-24(51)46-29-23(15-50)61-37(32(56)31(29)55)47-34-30-33(40-17-39-30)41-18-42-34/h5-10,17-20,23,28-29,31-32,37,50,55-56H,11-16H2,1-4H3,(H,43,58)(H,44,57)(H,45,52)(H,46,51)(H2,39,40,41,42,47)/t20-,23-,28-,29-,31+,32-,37-/m0/s1. The molecule has 9 N–H and O–H groups in total. The van der Waals surface area contributed by atoms with E-state index >= 15 is 0 Å². The summed E-state index contributed by atoms with van der Waals surface area (Å²) in [6.45, 7) is 3.92. The number of aliphatic hydroxyl groups excluding tert-OH is 3. The van der Waals surface area contributed by atoms with Crippen molar-refractivity contribution in [3.05, 3.63) is 54.6 Å². The van der Waals surface area contributed by atoms with E-state index in [1.54, 1.807) is 38.1 Å². The fraction of sp³-hybridized carbons (Fsp3) is 0.474. The first kappa shape index (κ1) is 45.5. The number of nitrogens with zero attached hydrogens (tertiary/aromatic N) is 5. The lowest BCUT2D eigenvalue weighted by atomic mass is 9.95. The summed E-state index contributed by atoms with van der Waals surface area (Å²) in [6.07, 6.45) is -1.72. The van der Waals surface area contributed by atoms with Crippen LogP contribution in [0.4, 0.5) is 16.3 Å². The van der Waals surface area contributed by atoms with Gasteiger partial charge in [0.1, 0.15) is 48.8 Å². The molecular formula is C38H49N11O12. The van der Waals surface area contributed by atoms with E-state index in [9.17, 15) is 48.9 Å². The van der Waals surface area contributed by atoms with Gasteiger partial charge >= 0.3 is 6.09 Å². The van der Waals surface area contributed by atoms with Gasteiger partial charge in [-0.1, -0.05) is 26.0 Å². The number of benzene rings is 1. The average Bonchev–Trinajstić information content (AvgIpc) is 3.85. The molecule has 0 aliphatic carbocycles. The largest absolute Gasteiger partial charge is 0.445 e. The van der Waals surface area contributed by atoms with Crippen LogP contribution in [-0.2, 0) is 44.8 Å². The number of anilines is 2. The highest BCUT2D eigenvalue weighted by Gasteiger charge is 2.45. The average molecular weight is 852 g/mol. The van der Waals surface area contributed by atoms with Crippen LogP contribution < -0.4 is 26.6 Å². The van der Waals surface area contributed by atoms with Gasteiger partial charge in [-0.2, -0.15) is 0 Å². The zero-order valence-corrected chi connectivity index (χ0v) is 33.7. The molecule has 0 radical (unpaired) electrons. The van der Waals surface area contributed by atoms with E-state index in [0.29, 0.717) is 22.4 Å². The molecule has 328 valence electrons. The first-order chi connectivity index (χ1) is 29.1. The van der Waals surface area contributed by atoms with Crippen LogP contribution >= 0.6 is 0 Å². The van der Waals surface area contributed by atoms with Gasteiger partial charge in [0.15, 0.2) is 17.7 Å². The Morgan fingerprint density at radius 3 is 2.31 bits per heavy atom. The third-order valence-corrected chi connectivity index (χ3v) is 9.81. The lowest BCUT2D eigenvalue weighted by Gasteiger charge is -2.42. The smallest absolute Gasteiger partial charge is 0.409 e. The van der Waals surface area contributed by atoms with Crippen LogP contribution in [0.15, 0.2) is 49.1 Å². The highest BCUT2D eigenvalue weighted by atomic mass is 16.6. The monoisotopic (exact) mass is 851 g/mol. The Kier molecular flexibility index (Phi) is 15.4. The molecule has 7 atom stereocenters. The van der Waals surface area contributed by atoms with Crippen molar-refractivity contribution in [3.8, 4) is 0 Å². The molecule has 0 spiro atoms. The van der Waals surface area contributed by atoms with Gasteiger partial charge in [0.05, 0.1) is 19.0 Å². The molecule has 23 heteroatoms. The number of ether oxygens (including phenoxy) is 2. The summed E-state index contributed by atoms with van der Waals surface area (Å²) in [6, 6.07) is 3.17. The minimum Gasteiger partial charge on any atom is -0.445 e. The van der Waals surface area contributed by atoms with E-state index in [-0.39, 0.29) is 44.3 Å². The number of carbonyl (C=O) groups is 7. The molecule has 2 aromatic heterocycles. The molecular weight excluding hydrogens is 802 g/mol. The third-order valence-electron chi connectivity index (χ3n) is 9.81. The third kappa shape index (κ3) is 11.8. The number of H-pyrrole nitrogens is 1. The van der Waals surface area contributed by atoms with Gasteiger partial charge in [-0.05, 0) is 30.5 Å². The number of amides is 7. The molecule has 4 heterocycles. The Bertz CT molecular complexity index is 2090. The molecule has 2 aliphatic rings. The minimum atomic E-state index is -1.55. The molecule has 61 heavy (non-hydrogen) atoms. The Morgan fingerprint density at radius 2 is 1.64 bits per heavy atom. The summed E-state index contributed by atoms with van der Waals surface area (Å²) in [5.41, 5.74) is 1.74. The van der Waals surface area contributed by atoms with E-state index in [0.717, 1.165) is 17.1 Å². The van der Waals surface area contributed by atoms with Crippen LogP contribution in [-0.4, -0.2) is 156 Å². The van der Waals surface area contributed by atoms with Crippen molar-refractivity contribution in [2.45, 2.75) is 82.9 Å². The lowest BCUT2D eigenvalue weighted by molar-refractivity contribution is -0.185. The molecule has 1 saturated heterocycles. The first-order valence-corrected chi connectivity index (χ1v) is 19.3. The van der Waals surface area contributed by atoms with Gasteiger partial charge in [0.2, 0.25) is 23.6 Å². The van der Waals surface area contributed by atoms with Gasteiger partial charge in [-0.25, -0.2) is 19.7 Å². The number of imide groups is 1. The molecule has 0 bridgehead atoms. The van der Waals surface area contributed by atoms with Gasteiger partial charge in [-0.15, -0.1) is 0 Å². The SMILES string of the molecule is CC(C)[C@H](NC(=O)CCN1C(=O)C=CC1=O)C(=O)N[C@@H](C)C(=O)Nc1ccc(COC(=O)N(C)CCC(=O)N[C@@H]2[C@@H](O)[C@H](O)[C@@H](Nc3ncnc4nc[nH]c34)O[C@H]2CO)cc1. The molecule has 23 nitrogen and oxygen atoms in total. The fourth-order valence-electron chi connectivity index (χ4n) is 6.25. The summed E-state index contributed by atoms with van der Waals surface area (Å²) in [7, 11) is 1.42. The maximum Gasteiger partial charge on any atom is 0.409 e. The van der Waals surface area contributed by atoms with Gasteiger partial charge < -0.3 is 61.3 Å². The van der Waals surface area contributed by atoms with E-state index in [4.69, 9.17) is 9.47 Å². The van der Waals surface area contributed by atoms with Crippen molar-refractivity contribution in [2.24, 2.45) is 5.92 Å². The van der Waals surface area contributed by atoms with Crippen molar-refractivity contribution in [3.63, 3.8) is 0 Å². The van der Waals surface area contributed by atoms with E-state index < -0.39 is 90.8 Å². The summed E-state index contributed by atoms with van der Waals surface area (Å²) < 4.78 is 11.1. The first-order valence-electron chi connectivity index (χ1n) is 19.3. The van der Waals surface area contributed by atoms with E-state index in [2.05, 4.69) is 46.5 Å². The normalized spacial score (nSPS) is 20.9. The maximum absolute atomic E-state index is 13.0. The second-order valence-corrected chi connectivity index (χ2v) is 14.7. The number of aromatic nitrogens is 4. The molecule has 1 fully saturated rings. The number of carbonyl (C=O) groups excluding carboxylic acids is 7. The Morgan fingerprint density at radius 1 is 0.934 bits per heavy atom. The molecule has 2 aliphatic heterocycles. The van der Waals surface area contributed by atoms with E-state index in [1.165, 1.54) is 31.5 Å². The molecule has 1 aromatic carbocycles. The highest BCUT2D eigenvalue weighted by Crippen LogP contribution is 2.25. The van der Waals surface area contributed by atoms with Crippen molar-refractivity contribution in [2.75, 3.05) is 37.4 Å². The van der Waals surface area contributed by atoms with Crippen molar-refractivity contribution in [1.82, 2.24) is 45.7 Å². The predicted molar refractivity (Wildman–Crippen MR) is 212 cm³/mol. The molecule has 0 saturated carbocycles. The number of aromatic amines is 1. The quantitative estimate of drug-likeness (QED) is 0.0641. The summed E-state index contributed by atoms with van der Waals surface area (Å²) >= 11 is 0. The van der Waals surface area contributed by atoms with Crippen molar-refractivity contribution in [1.29, 1.82) is 0 Å². The number of hydrogen-bond donors (Lipinski definition) is 9. The maximum atomic E-state index is 13.0. The highest BCUT2D eigenvalue weighted by molar-refractivity contribution is 6.13. The van der Waals surface area contributed by atoms with Crippen LogP contribution in [0.2, 0.25) is 0 Å². The zero-order chi connectivity index (χ0) is 44.4. The Labute approximate surface area is 348 Å². The number of fused-ring (bicyclic) bond motifs is 1. The second kappa shape index (κ2) is 20.6. The molecule has 5 rings (SSSR count). The van der Waals surface area contributed by atoms with Crippen molar-refractivity contribution >= 4 is 64.2 Å². The van der Waals surface area contributed by atoms with Crippen LogP contribution in [0.25, 0.3) is 11.2 Å². The Hall–Kier alpha value is -6.56. The number of imidazole rings is 1. The van der Waals surface area contributed by atoms with Crippen LogP contribution in [0, 0.1) is 5.92 Å². The molecule has 3 aromatic rings. The van der Waals surface area contributed by atoms with Crippen LogP contribution in [0.3, 0.4) is 0 Å². The van der Waals surface area contributed by atoms with E-state index in [1.807, 2.05) is 0 Å². The summed E-state index contributed by atoms with van der Waals surface area (Å²) in [5, 5.41) is 44.9. The minimum absolute atomic E-state index is 0.0796. The Balaban J connectivity index is 1.01. The molecule has 7 amide bonds. The molecule has 0 unspecified atom stereocenters. The number of nitrogens with one attached hydrogen (secondary N) is 6. The predicted octanol–water partition coefficient (Wildman–Crippen LogP) is -1.75. The summed E-state index contributed by atoms with van der Waals surface area (Å²) in [4.78, 5) is 105. The number of aliphatic hydroxyl groups is 3. The van der Waals surface area contributed by atoms with Gasteiger partial charge in [0, 0.05) is 50.8 Å². The van der Waals surface area contributed by atoms with Crippen molar-refractivity contribution < 1.29 is 58.4 Å². The van der Waals surface area contributed by atoms with Crippen LogP contribution in [0.1, 0.15) is 39.2 Å². The second-order valence-electron chi connectivity index (χ2n) is 14.7.